The highest BCUT2D eigenvalue weighted by Gasteiger charge is 2.41. The molecule has 0 fully saturated rings. The van der Waals surface area contributed by atoms with Crippen LogP contribution in [0.1, 0.15) is 11.1 Å². The van der Waals surface area contributed by atoms with E-state index >= 15 is 0 Å². The summed E-state index contributed by atoms with van der Waals surface area (Å²) in [5, 5.41) is 16.3. The van der Waals surface area contributed by atoms with Gasteiger partial charge in [0.1, 0.15) is 0 Å². The Bertz CT molecular complexity index is 4700. The van der Waals surface area contributed by atoms with Crippen molar-refractivity contribution >= 4 is 116 Å². The van der Waals surface area contributed by atoms with Crippen molar-refractivity contribution in [2.75, 3.05) is 0 Å². The van der Waals surface area contributed by atoms with Crippen LogP contribution < -0.4 is 20.7 Å². The van der Waals surface area contributed by atoms with Crippen LogP contribution in [0.25, 0.3) is 110 Å². The molecule has 5 nitrogen and oxygen atoms in total. The minimum absolute atomic E-state index is 0.628. The van der Waals surface area contributed by atoms with Crippen LogP contribution in [0.2, 0.25) is 0 Å². The summed E-state index contributed by atoms with van der Waals surface area (Å²) < 4.78 is 4.90. The molecule has 0 atom stereocenters. The number of nitrogens with zero attached hydrogens (tertiary/aromatic N) is 5. The van der Waals surface area contributed by atoms with Crippen LogP contribution in [0.5, 0.6) is 0 Å². The van der Waals surface area contributed by atoms with Crippen LogP contribution in [0.3, 0.4) is 0 Å². The molecule has 362 valence electrons. The van der Waals surface area contributed by atoms with Crippen molar-refractivity contribution in [2.45, 2.75) is 13.8 Å². The summed E-state index contributed by atoms with van der Waals surface area (Å²) in [6.07, 6.45) is 0. The molecular formula is C71H49N5Si. The molecule has 15 aromatic rings. The molecule has 0 unspecified atom stereocenters. The Hall–Kier alpha value is -9.75. The van der Waals surface area contributed by atoms with Crippen LogP contribution in [0.4, 0.5) is 0 Å². The lowest BCUT2D eigenvalue weighted by Gasteiger charge is -2.34. The Morgan fingerprint density at radius 3 is 1.29 bits per heavy atom. The summed E-state index contributed by atoms with van der Waals surface area (Å²) >= 11 is 0. The van der Waals surface area contributed by atoms with Gasteiger partial charge in [0.05, 0.1) is 22.1 Å². The van der Waals surface area contributed by atoms with Crippen molar-refractivity contribution in [3.63, 3.8) is 0 Å². The van der Waals surface area contributed by atoms with Crippen LogP contribution >= 0.6 is 0 Å². The first-order chi connectivity index (χ1) is 38.0. The molecule has 0 aliphatic heterocycles. The second kappa shape index (κ2) is 17.7. The lowest BCUT2D eigenvalue weighted by atomic mass is 10.00. The molecule has 77 heavy (non-hydrogen) atoms. The molecule has 4 heterocycles. The van der Waals surface area contributed by atoms with Gasteiger partial charge in [-0.15, -0.1) is 0 Å². The van der Waals surface area contributed by atoms with Gasteiger partial charge >= 0.3 is 0 Å². The van der Waals surface area contributed by atoms with Crippen molar-refractivity contribution in [3.05, 3.63) is 272 Å². The third-order valence-corrected chi connectivity index (χ3v) is 20.8. The molecular weight excluding hydrogens is 951 g/mol. The predicted octanol–water partition coefficient (Wildman–Crippen LogP) is 14.9. The third kappa shape index (κ3) is 7.03. The molecule has 0 aliphatic carbocycles. The second-order valence-electron chi connectivity index (χ2n) is 20.5. The zero-order valence-electron chi connectivity index (χ0n) is 42.6. The fourth-order valence-electron chi connectivity index (χ4n) is 12.5. The Morgan fingerprint density at radius 2 is 0.727 bits per heavy atom. The van der Waals surface area contributed by atoms with E-state index in [-0.39, 0.29) is 0 Å². The number of para-hydroxylation sites is 1. The summed E-state index contributed by atoms with van der Waals surface area (Å²) in [5.41, 5.74) is 11.5. The second-order valence-corrected chi connectivity index (χ2v) is 24.3. The third-order valence-electron chi connectivity index (χ3n) is 16.0. The summed E-state index contributed by atoms with van der Waals surface area (Å²) in [7, 11) is -2.76. The Balaban J connectivity index is 1.01. The lowest BCUT2D eigenvalue weighted by molar-refractivity contribution is 1.17. The average Bonchev–Trinajstić information content (AvgIpc) is 4.00. The number of benzene rings is 11. The SMILES string of the molecule is Cc1ccc2c(c1)c1cc(C)ccc1n2-c1ccc2c(c1)c1cc3cc(c4ccccc4c4nc(-c5ccc([Si](c6ccccc6)(c6ccccc6)c6ccccc6)cc5)nc(n4)c4ccccc34)c1n2-c1ccccc1. The van der Waals surface area contributed by atoms with E-state index in [1.165, 1.54) is 59.1 Å². The van der Waals surface area contributed by atoms with Crippen LogP contribution in [-0.4, -0.2) is 32.2 Å². The molecule has 11 aromatic carbocycles. The molecule has 4 aromatic heterocycles. The van der Waals surface area contributed by atoms with Crippen molar-refractivity contribution in [1.82, 2.24) is 24.1 Å². The fourth-order valence-corrected chi connectivity index (χ4v) is 17.3. The molecule has 0 N–H and O–H groups in total. The quantitative estimate of drug-likeness (QED) is 0.118. The topological polar surface area (TPSA) is 48.5 Å². The first-order valence-corrected chi connectivity index (χ1v) is 28.4. The summed E-state index contributed by atoms with van der Waals surface area (Å²) in [6, 6.07) is 95.8. The van der Waals surface area contributed by atoms with Gasteiger partial charge in [0.2, 0.25) is 0 Å². The van der Waals surface area contributed by atoms with E-state index in [1.54, 1.807) is 0 Å². The molecule has 0 saturated carbocycles. The largest absolute Gasteiger partial charge is 0.309 e. The maximum Gasteiger partial charge on any atom is 0.179 e. The number of hydrogen-bond acceptors (Lipinski definition) is 3. The highest BCUT2D eigenvalue weighted by Crippen LogP contribution is 2.42. The van der Waals surface area contributed by atoms with Gasteiger partial charge in [0.15, 0.2) is 25.2 Å². The number of hydrogen-bond donors (Lipinski definition) is 0. The Labute approximate surface area is 446 Å². The Morgan fingerprint density at radius 1 is 0.299 bits per heavy atom. The van der Waals surface area contributed by atoms with Gasteiger partial charge in [-0.25, -0.2) is 15.0 Å². The fraction of sp³-hybridized carbons (Fsp3) is 0.0282. The molecule has 15 rings (SSSR count). The minimum Gasteiger partial charge on any atom is -0.309 e. The molecule has 6 heteroatoms. The highest BCUT2D eigenvalue weighted by molar-refractivity contribution is 7.19. The van der Waals surface area contributed by atoms with Gasteiger partial charge < -0.3 is 9.13 Å². The van der Waals surface area contributed by atoms with Gasteiger partial charge in [-0.2, -0.15) is 0 Å². The molecule has 4 bridgehead atoms. The number of aryl methyl sites for hydroxylation is 2. The van der Waals surface area contributed by atoms with Gasteiger partial charge in [-0.3, -0.25) is 0 Å². The summed E-state index contributed by atoms with van der Waals surface area (Å²) in [4.78, 5) is 16.3. The number of rotatable bonds is 7. The zero-order chi connectivity index (χ0) is 51.2. The van der Waals surface area contributed by atoms with Crippen molar-refractivity contribution in [3.8, 4) is 22.8 Å². The van der Waals surface area contributed by atoms with Crippen molar-refractivity contribution < 1.29 is 0 Å². The maximum absolute atomic E-state index is 5.45. The van der Waals surface area contributed by atoms with Crippen LogP contribution in [-0.2, 0) is 0 Å². The van der Waals surface area contributed by atoms with Crippen LogP contribution in [0.15, 0.2) is 261 Å². The highest BCUT2D eigenvalue weighted by atomic mass is 28.3. The molecule has 0 amide bonds. The van der Waals surface area contributed by atoms with Gasteiger partial charge in [-0.1, -0.05) is 205 Å². The van der Waals surface area contributed by atoms with E-state index in [4.69, 9.17) is 15.0 Å². The first-order valence-electron chi connectivity index (χ1n) is 26.4. The summed E-state index contributed by atoms with van der Waals surface area (Å²) in [6.45, 7) is 4.36. The van der Waals surface area contributed by atoms with Crippen molar-refractivity contribution in [1.29, 1.82) is 0 Å². The van der Waals surface area contributed by atoms with E-state index in [0.29, 0.717) is 17.1 Å². The standard InChI is InChI=1S/C71H49N5Si/c1-46-31-38-65-60(41-46)61-42-47(2)32-39-66(61)75(65)51-35-40-67-62(45-51)64-44-49-43-63(68(64)76(67)50-19-7-3-8-20-50)57-28-16-18-30-59(57)71-73-69(72-70(74-71)58-29-17-15-27-56(49)58)48-33-36-55(37-34-48)77(52-21-9-4-10-22-52,53-23-11-5-12-24-53)54-25-13-6-14-26-54/h3-45H,1-2H3. The minimum atomic E-state index is -2.76. The van der Waals surface area contributed by atoms with Crippen molar-refractivity contribution in [2.24, 2.45) is 0 Å². The maximum atomic E-state index is 5.45. The zero-order valence-corrected chi connectivity index (χ0v) is 43.6. The predicted molar refractivity (Wildman–Crippen MR) is 326 cm³/mol. The lowest BCUT2D eigenvalue weighted by Crippen LogP contribution is -2.74. The molecule has 0 spiro atoms. The van der Waals surface area contributed by atoms with E-state index in [2.05, 4.69) is 284 Å². The summed E-state index contributed by atoms with van der Waals surface area (Å²) in [5.74, 6) is 0.628. The monoisotopic (exact) mass is 999 g/mol. The molecule has 0 radical (unpaired) electrons. The van der Waals surface area contributed by atoms with E-state index < -0.39 is 8.07 Å². The normalized spacial score (nSPS) is 12.0. The Kier molecular flexibility index (Phi) is 10.3. The molecule has 0 saturated heterocycles. The number of aromatic nitrogens is 5. The first kappa shape index (κ1) is 44.7. The molecule has 0 aliphatic rings. The smallest absolute Gasteiger partial charge is 0.179 e. The van der Waals surface area contributed by atoms with E-state index in [9.17, 15) is 0 Å². The van der Waals surface area contributed by atoms with Gasteiger partial charge in [-0.05, 0) is 117 Å². The van der Waals surface area contributed by atoms with E-state index in [1.807, 2.05) is 0 Å². The van der Waals surface area contributed by atoms with E-state index in [0.717, 1.165) is 65.7 Å². The van der Waals surface area contributed by atoms with Crippen LogP contribution in [0, 0.1) is 13.8 Å². The number of fused-ring (bicyclic) bond motifs is 17. The van der Waals surface area contributed by atoms with Gasteiger partial charge in [0, 0.05) is 54.6 Å². The van der Waals surface area contributed by atoms with Gasteiger partial charge in [0.25, 0.3) is 0 Å². The average molecular weight is 1000 g/mol.